The molecule has 0 saturated heterocycles. The van der Waals surface area contributed by atoms with Gasteiger partial charge in [0.15, 0.2) is 0 Å². The van der Waals surface area contributed by atoms with Crippen LogP contribution >= 0.6 is 0 Å². The second kappa shape index (κ2) is 9.33. The van der Waals surface area contributed by atoms with Gasteiger partial charge in [-0.1, -0.05) is 108 Å². The monoisotopic (exact) mass is 593 g/mol. The van der Waals surface area contributed by atoms with Crippen LogP contribution in [0.1, 0.15) is 75.3 Å². The number of rotatable bonds is 5. The molecule has 5 aromatic rings. The van der Waals surface area contributed by atoms with Crippen molar-refractivity contribution in [3.05, 3.63) is 149 Å². The number of hydrogen-bond donors (Lipinski definition) is 0. The van der Waals surface area contributed by atoms with E-state index in [9.17, 15) is 0 Å². The molecule has 5 aromatic carbocycles. The lowest BCUT2D eigenvalue weighted by Gasteiger charge is -2.31. The lowest BCUT2D eigenvalue weighted by molar-refractivity contribution is 0.660. The standard InChI is InChI=1S/C45H39N/c1-27(2)28-15-20-43(38(24-28)31-22-29-21-30(29)23-31)46(32-16-18-36-34-11-7-9-13-39(34)44(3,4)41(36)25-32)33-17-19-37-35-12-8-10-14-40(35)45(5,6)42(37)26-33/h7-27H,1-6H3. The second-order valence-corrected chi connectivity index (χ2v) is 14.9. The fraction of sp³-hybridized carbons (Fsp3) is 0.200. The van der Waals surface area contributed by atoms with E-state index in [1.165, 1.54) is 89.4 Å². The molecule has 1 nitrogen and oxygen atoms in total. The van der Waals surface area contributed by atoms with E-state index in [1.54, 1.807) is 0 Å². The first-order valence-corrected chi connectivity index (χ1v) is 16.7. The Labute approximate surface area is 273 Å². The van der Waals surface area contributed by atoms with Gasteiger partial charge in [0.2, 0.25) is 0 Å². The highest BCUT2D eigenvalue weighted by molar-refractivity contribution is 5.96. The molecule has 0 aromatic heterocycles. The van der Waals surface area contributed by atoms with Crippen LogP contribution in [0, 0.1) is 0 Å². The van der Waals surface area contributed by atoms with Crippen LogP contribution in [0.25, 0.3) is 44.5 Å². The average molecular weight is 594 g/mol. The molecular weight excluding hydrogens is 555 g/mol. The fourth-order valence-corrected chi connectivity index (χ4v) is 8.34. The van der Waals surface area contributed by atoms with Crippen LogP contribution < -0.4 is 4.90 Å². The smallest absolute Gasteiger partial charge is 0.0540 e. The summed E-state index contributed by atoms with van der Waals surface area (Å²) in [7, 11) is 0. The molecule has 0 atom stereocenters. The van der Waals surface area contributed by atoms with E-state index in [0.29, 0.717) is 5.92 Å². The van der Waals surface area contributed by atoms with E-state index in [1.807, 2.05) is 0 Å². The summed E-state index contributed by atoms with van der Waals surface area (Å²) in [6.07, 6.45) is 0. The van der Waals surface area contributed by atoms with Crippen molar-refractivity contribution in [1.82, 2.24) is 0 Å². The van der Waals surface area contributed by atoms with Gasteiger partial charge in [0.25, 0.3) is 0 Å². The van der Waals surface area contributed by atoms with Gasteiger partial charge in [-0.05, 0) is 127 Å². The van der Waals surface area contributed by atoms with Crippen molar-refractivity contribution < 1.29 is 0 Å². The Morgan fingerprint density at radius 3 is 1.43 bits per heavy atom. The fourth-order valence-electron chi connectivity index (χ4n) is 8.34. The van der Waals surface area contributed by atoms with Gasteiger partial charge in [-0.3, -0.25) is 0 Å². The van der Waals surface area contributed by atoms with Crippen molar-refractivity contribution in [2.45, 2.75) is 58.3 Å². The zero-order valence-corrected chi connectivity index (χ0v) is 27.6. The van der Waals surface area contributed by atoms with Gasteiger partial charge in [0.05, 0.1) is 5.69 Å². The predicted octanol–water partition coefficient (Wildman–Crippen LogP) is 12.5. The zero-order valence-electron chi connectivity index (χ0n) is 27.6. The minimum Gasteiger partial charge on any atom is -0.310 e. The molecule has 0 aliphatic heterocycles. The molecule has 0 heterocycles. The molecule has 1 heteroatoms. The molecular formula is C45H39N. The van der Waals surface area contributed by atoms with Gasteiger partial charge >= 0.3 is 0 Å². The second-order valence-electron chi connectivity index (χ2n) is 14.9. The third kappa shape index (κ3) is 3.81. The zero-order chi connectivity index (χ0) is 31.5. The maximum absolute atomic E-state index is 2.52. The van der Waals surface area contributed by atoms with Gasteiger partial charge in [-0.25, -0.2) is 0 Å². The maximum Gasteiger partial charge on any atom is 0.0540 e. The van der Waals surface area contributed by atoms with Gasteiger partial charge in [0, 0.05) is 27.8 Å². The molecule has 0 bridgehead atoms. The van der Waals surface area contributed by atoms with Crippen LogP contribution in [-0.4, -0.2) is 0 Å². The minimum absolute atomic E-state index is 0.0777. The van der Waals surface area contributed by atoms with Gasteiger partial charge < -0.3 is 4.90 Å². The van der Waals surface area contributed by atoms with Gasteiger partial charge in [-0.15, -0.1) is 0 Å². The van der Waals surface area contributed by atoms with Crippen LogP contribution in [0.3, 0.4) is 0 Å². The van der Waals surface area contributed by atoms with Crippen molar-refractivity contribution in [1.29, 1.82) is 0 Å². The quantitative estimate of drug-likeness (QED) is 0.192. The van der Waals surface area contributed by atoms with Crippen molar-refractivity contribution in [2.24, 2.45) is 0 Å². The molecule has 0 N–H and O–H groups in total. The Morgan fingerprint density at radius 2 is 0.913 bits per heavy atom. The van der Waals surface area contributed by atoms with Gasteiger partial charge in [0.1, 0.15) is 0 Å². The van der Waals surface area contributed by atoms with Crippen molar-refractivity contribution in [3.8, 4) is 44.5 Å². The highest BCUT2D eigenvalue weighted by Gasteiger charge is 2.38. The van der Waals surface area contributed by atoms with E-state index in [2.05, 4.69) is 168 Å². The summed E-state index contributed by atoms with van der Waals surface area (Å²) in [4.78, 5) is 2.52. The summed E-state index contributed by atoms with van der Waals surface area (Å²) < 4.78 is 0. The maximum atomic E-state index is 2.52. The minimum atomic E-state index is -0.0777. The molecule has 0 radical (unpaired) electrons. The normalized spacial score (nSPS) is 15.3. The van der Waals surface area contributed by atoms with Crippen LogP contribution in [-0.2, 0) is 10.8 Å². The summed E-state index contributed by atoms with van der Waals surface area (Å²) >= 11 is 0. The topological polar surface area (TPSA) is 3.24 Å². The first-order chi connectivity index (χ1) is 22.1. The summed E-state index contributed by atoms with van der Waals surface area (Å²) in [6.45, 7) is 14.1. The molecule has 4 aliphatic carbocycles. The third-order valence-corrected chi connectivity index (χ3v) is 11.1. The van der Waals surface area contributed by atoms with Gasteiger partial charge in [-0.2, -0.15) is 0 Å². The van der Waals surface area contributed by atoms with Crippen LogP contribution in [0.15, 0.2) is 121 Å². The number of anilines is 3. The van der Waals surface area contributed by atoms with Crippen LogP contribution in [0.2, 0.25) is 0 Å². The van der Waals surface area contributed by atoms with E-state index in [0.717, 1.165) is 0 Å². The Morgan fingerprint density at radius 1 is 0.435 bits per heavy atom. The van der Waals surface area contributed by atoms with Crippen LogP contribution in [0.4, 0.5) is 17.1 Å². The van der Waals surface area contributed by atoms with E-state index < -0.39 is 0 Å². The van der Waals surface area contributed by atoms with E-state index in [4.69, 9.17) is 0 Å². The summed E-state index contributed by atoms with van der Waals surface area (Å²) in [6, 6.07) is 46.3. The molecule has 0 unspecified atom stereocenters. The SMILES string of the molecule is CC(C)c1ccc(N(c2ccc3c(c2)C(C)(C)c2ccccc2-3)c2ccc3c(c2)C(C)(C)c2ccccc2-3)c(-c2cc3cc-3c2)c1. The highest BCUT2D eigenvalue weighted by Crippen LogP contribution is 2.54. The summed E-state index contributed by atoms with van der Waals surface area (Å²) in [5.74, 6) is 0.447. The number of hydrogen-bond acceptors (Lipinski definition) is 1. The number of benzene rings is 6. The number of fused-ring (bicyclic) bond motifs is 7. The molecule has 0 spiro atoms. The lowest BCUT2D eigenvalue weighted by atomic mass is 9.82. The van der Waals surface area contributed by atoms with Crippen molar-refractivity contribution in [3.63, 3.8) is 0 Å². The molecule has 9 rings (SSSR count). The Kier molecular flexibility index (Phi) is 5.56. The Bertz CT molecular complexity index is 2120. The lowest BCUT2D eigenvalue weighted by Crippen LogP contribution is -2.18. The molecule has 0 fully saturated rings. The van der Waals surface area contributed by atoms with Crippen molar-refractivity contribution in [2.75, 3.05) is 4.90 Å². The molecule has 0 saturated carbocycles. The first kappa shape index (κ1) is 27.4. The molecule has 0 amide bonds. The molecule has 224 valence electrons. The average Bonchev–Trinajstić information content (AvgIpc) is 3.50. The third-order valence-electron chi connectivity index (χ3n) is 11.1. The number of nitrogens with zero attached hydrogens (tertiary/aromatic N) is 1. The van der Waals surface area contributed by atoms with E-state index >= 15 is 0 Å². The molecule has 4 aliphatic rings. The highest BCUT2D eigenvalue weighted by atomic mass is 15.1. The predicted molar refractivity (Wildman–Crippen MR) is 195 cm³/mol. The van der Waals surface area contributed by atoms with Crippen molar-refractivity contribution >= 4 is 17.1 Å². The summed E-state index contributed by atoms with van der Waals surface area (Å²) in [5, 5.41) is 0. The van der Waals surface area contributed by atoms with E-state index in [-0.39, 0.29) is 10.8 Å². The Balaban J connectivity index is 1.29. The molecule has 46 heavy (non-hydrogen) atoms. The largest absolute Gasteiger partial charge is 0.310 e. The first-order valence-electron chi connectivity index (χ1n) is 16.7. The Hall–Kier alpha value is -4.88. The van der Waals surface area contributed by atoms with Crippen LogP contribution in [0.5, 0.6) is 0 Å². The summed E-state index contributed by atoms with van der Waals surface area (Å²) in [5.41, 5.74) is 21.2.